The molecule has 1 aromatic carbocycles. The predicted octanol–water partition coefficient (Wildman–Crippen LogP) is 2.73. The summed E-state index contributed by atoms with van der Waals surface area (Å²) >= 11 is 1.67. The highest BCUT2D eigenvalue weighted by Gasteiger charge is 2.49. The molecule has 2 fully saturated rings. The maximum Gasteiger partial charge on any atom is 0.337 e. The molecule has 1 aliphatic carbocycles. The van der Waals surface area contributed by atoms with E-state index < -0.39 is 5.97 Å². The van der Waals surface area contributed by atoms with Gasteiger partial charge in [0.25, 0.3) is 0 Å². The average molecular weight is 277 g/mol. The van der Waals surface area contributed by atoms with Gasteiger partial charge in [0.1, 0.15) is 0 Å². The zero-order chi connectivity index (χ0) is 13.5. The minimum absolute atomic E-state index is 0.0283. The maximum atomic E-state index is 12.2. The Bertz CT molecular complexity index is 537. The fourth-order valence-corrected chi connectivity index (χ4v) is 4.48. The number of amides is 1. The van der Waals surface area contributed by atoms with Gasteiger partial charge in [-0.3, -0.25) is 9.69 Å². The number of carbonyl (C=O) groups excluding carboxylic acids is 1. The molecule has 0 atom stereocenters. The number of hydrogen-bond acceptors (Lipinski definition) is 3. The van der Waals surface area contributed by atoms with E-state index >= 15 is 0 Å². The van der Waals surface area contributed by atoms with E-state index in [2.05, 4.69) is 0 Å². The van der Waals surface area contributed by atoms with Crippen molar-refractivity contribution in [2.75, 3.05) is 10.7 Å². The summed E-state index contributed by atoms with van der Waals surface area (Å²) < 4.78 is 0. The molecule has 1 aromatic rings. The Morgan fingerprint density at radius 1 is 1.26 bits per heavy atom. The van der Waals surface area contributed by atoms with Crippen LogP contribution in [0.4, 0.5) is 5.69 Å². The minimum atomic E-state index is -0.978. The molecule has 1 aliphatic heterocycles. The largest absolute Gasteiger partial charge is 0.478 e. The third-order valence-corrected chi connectivity index (χ3v) is 5.40. The third-order valence-electron chi connectivity index (χ3n) is 3.88. The summed E-state index contributed by atoms with van der Waals surface area (Å²) in [5, 5.41) is 9.30. The Balaban J connectivity index is 2.09. The summed E-state index contributed by atoms with van der Waals surface area (Å²) in [6, 6.07) is 6.80. The van der Waals surface area contributed by atoms with Crippen LogP contribution < -0.4 is 4.90 Å². The first-order valence-electron chi connectivity index (χ1n) is 6.43. The highest BCUT2D eigenvalue weighted by Crippen LogP contribution is 2.50. The monoisotopic (exact) mass is 277 g/mol. The normalized spacial score (nSPS) is 21.3. The summed E-state index contributed by atoms with van der Waals surface area (Å²) in [5.74, 6) is -0.498. The van der Waals surface area contributed by atoms with Crippen LogP contribution in [0.15, 0.2) is 24.3 Å². The summed E-state index contributed by atoms with van der Waals surface area (Å²) in [5.41, 5.74) is 0.761. The topological polar surface area (TPSA) is 57.6 Å². The number of hydrogen-bond donors (Lipinski definition) is 1. The second-order valence-corrected chi connectivity index (χ2v) is 6.33. The standard InChI is InChI=1S/C14H15NO3S/c16-12-9-19-14(7-3-4-8-14)15(12)11-6-2-1-5-10(11)13(17)18/h1-2,5-6H,3-4,7-9H2,(H,17,18). The molecule has 3 rings (SSSR count). The van der Waals surface area contributed by atoms with Crippen molar-refractivity contribution in [3.05, 3.63) is 29.8 Å². The van der Waals surface area contributed by atoms with Gasteiger partial charge in [0.2, 0.25) is 5.91 Å². The molecule has 1 N–H and O–H groups in total. The molecule has 19 heavy (non-hydrogen) atoms. The molecular weight excluding hydrogens is 262 g/mol. The van der Waals surface area contributed by atoms with E-state index in [1.54, 1.807) is 40.9 Å². The van der Waals surface area contributed by atoms with Crippen molar-refractivity contribution < 1.29 is 14.7 Å². The van der Waals surface area contributed by atoms with Gasteiger partial charge in [-0.15, -0.1) is 11.8 Å². The molecule has 0 unspecified atom stereocenters. The number of thioether (sulfide) groups is 1. The molecule has 4 nitrogen and oxygen atoms in total. The third kappa shape index (κ3) is 1.92. The predicted molar refractivity (Wildman–Crippen MR) is 74.5 cm³/mol. The van der Waals surface area contributed by atoms with Crippen LogP contribution in [-0.4, -0.2) is 27.6 Å². The Labute approximate surface area is 115 Å². The average Bonchev–Trinajstić information content (AvgIpc) is 2.98. The second kappa shape index (κ2) is 4.56. The van der Waals surface area contributed by atoms with Gasteiger partial charge in [-0.05, 0) is 25.0 Å². The molecule has 0 bridgehead atoms. The van der Waals surface area contributed by atoms with Crippen molar-refractivity contribution in [3.8, 4) is 0 Å². The van der Waals surface area contributed by atoms with Crippen molar-refractivity contribution in [1.82, 2.24) is 0 Å². The number of carboxylic acid groups (broad SMARTS) is 1. The fourth-order valence-electron chi connectivity index (χ4n) is 3.05. The highest BCUT2D eigenvalue weighted by atomic mass is 32.2. The highest BCUT2D eigenvalue weighted by molar-refractivity contribution is 8.02. The van der Waals surface area contributed by atoms with E-state index in [1.165, 1.54) is 0 Å². The van der Waals surface area contributed by atoms with Crippen molar-refractivity contribution >= 4 is 29.3 Å². The van der Waals surface area contributed by atoms with Gasteiger partial charge in [0.15, 0.2) is 0 Å². The van der Waals surface area contributed by atoms with Crippen LogP contribution in [0.1, 0.15) is 36.0 Å². The Morgan fingerprint density at radius 3 is 2.63 bits per heavy atom. The van der Waals surface area contributed by atoms with Crippen molar-refractivity contribution in [2.45, 2.75) is 30.6 Å². The van der Waals surface area contributed by atoms with Crippen molar-refractivity contribution in [1.29, 1.82) is 0 Å². The molecule has 5 heteroatoms. The number of benzene rings is 1. The van der Waals surface area contributed by atoms with Gasteiger partial charge in [-0.2, -0.15) is 0 Å². The molecule has 1 heterocycles. The van der Waals surface area contributed by atoms with E-state index in [0.717, 1.165) is 25.7 Å². The molecule has 100 valence electrons. The zero-order valence-electron chi connectivity index (χ0n) is 10.5. The molecular formula is C14H15NO3S. The zero-order valence-corrected chi connectivity index (χ0v) is 11.3. The van der Waals surface area contributed by atoms with Gasteiger partial charge in [-0.1, -0.05) is 25.0 Å². The summed E-state index contributed by atoms with van der Waals surface area (Å²) in [6.45, 7) is 0. The van der Waals surface area contributed by atoms with Gasteiger partial charge in [0.05, 0.1) is 21.9 Å². The molecule has 2 aliphatic rings. The van der Waals surface area contributed by atoms with Crippen molar-refractivity contribution in [3.63, 3.8) is 0 Å². The quantitative estimate of drug-likeness (QED) is 0.903. The van der Waals surface area contributed by atoms with Crippen LogP contribution in [0.3, 0.4) is 0 Å². The number of rotatable bonds is 2. The smallest absolute Gasteiger partial charge is 0.337 e. The molecule has 0 aromatic heterocycles. The first kappa shape index (κ1) is 12.5. The van der Waals surface area contributed by atoms with Crippen LogP contribution in [0.2, 0.25) is 0 Å². The maximum absolute atomic E-state index is 12.2. The van der Waals surface area contributed by atoms with Gasteiger partial charge < -0.3 is 5.11 Å². The molecule has 1 amide bonds. The number of carboxylic acids is 1. The van der Waals surface area contributed by atoms with Crippen LogP contribution >= 0.6 is 11.8 Å². The lowest BCUT2D eigenvalue weighted by molar-refractivity contribution is -0.116. The second-order valence-electron chi connectivity index (χ2n) is 4.99. The number of anilines is 1. The number of aromatic carboxylic acids is 1. The molecule has 1 saturated carbocycles. The first-order chi connectivity index (χ1) is 9.14. The van der Waals surface area contributed by atoms with E-state index in [1.807, 2.05) is 0 Å². The van der Waals surface area contributed by atoms with E-state index in [-0.39, 0.29) is 16.3 Å². The minimum Gasteiger partial charge on any atom is -0.478 e. The van der Waals surface area contributed by atoms with Crippen LogP contribution in [0.5, 0.6) is 0 Å². The Morgan fingerprint density at radius 2 is 1.95 bits per heavy atom. The van der Waals surface area contributed by atoms with Gasteiger partial charge in [0, 0.05) is 0 Å². The van der Waals surface area contributed by atoms with Crippen LogP contribution in [0, 0.1) is 0 Å². The van der Waals surface area contributed by atoms with Crippen LogP contribution in [0.25, 0.3) is 0 Å². The molecule has 1 saturated heterocycles. The number of nitrogens with zero attached hydrogens (tertiary/aromatic N) is 1. The SMILES string of the molecule is O=C(O)c1ccccc1N1C(=O)CSC12CCCC2. The Hall–Kier alpha value is -1.49. The first-order valence-corrected chi connectivity index (χ1v) is 7.42. The lowest BCUT2D eigenvalue weighted by Crippen LogP contribution is -2.43. The van der Waals surface area contributed by atoms with E-state index in [4.69, 9.17) is 0 Å². The summed E-state index contributed by atoms with van der Waals surface area (Å²) in [6.07, 6.45) is 4.12. The van der Waals surface area contributed by atoms with Crippen molar-refractivity contribution in [2.24, 2.45) is 0 Å². The number of para-hydroxylation sites is 1. The van der Waals surface area contributed by atoms with Gasteiger partial charge in [-0.25, -0.2) is 4.79 Å². The van der Waals surface area contributed by atoms with Gasteiger partial charge >= 0.3 is 5.97 Å². The summed E-state index contributed by atoms with van der Waals surface area (Å²) in [7, 11) is 0. The lowest BCUT2D eigenvalue weighted by atomic mass is 10.1. The van der Waals surface area contributed by atoms with E-state index in [9.17, 15) is 14.7 Å². The summed E-state index contributed by atoms with van der Waals surface area (Å²) in [4.78, 5) is 25.1. The fraction of sp³-hybridized carbons (Fsp3) is 0.429. The Kier molecular flexibility index (Phi) is 3.01. The molecule has 0 radical (unpaired) electrons. The van der Waals surface area contributed by atoms with E-state index in [0.29, 0.717) is 11.4 Å². The molecule has 1 spiro atoms. The van der Waals surface area contributed by atoms with Crippen LogP contribution in [-0.2, 0) is 4.79 Å². The lowest BCUT2D eigenvalue weighted by Gasteiger charge is -2.34. The number of carbonyl (C=O) groups is 2.